The summed E-state index contributed by atoms with van der Waals surface area (Å²) in [6.45, 7) is 1.47. The number of rotatable bonds is 5. The number of hydrogen-bond donors (Lipinski definition) is 0. The number of hydrogen-bond acceptors (Lipinski definition) is 5. The second-order valence-corrected chi connectivity index (χ2v) is 4.18. The lowest BCUT2D eigenvalue weighted by Crippen LogP contribution is -2.41. The number of aromatic nitrogens is 2. The third-order valence-corrected chi connectivity index (χ3v) is 2.66. The molecule has 0 radical (unpaired) electrons. The van der Waals surface area contributed by atoms with Crippen molar-refractivity contribution in [1.29, 1.82) is 0 Å². The molecule has 0 N–H and O–H groups in total. The molecule has 0 saturated carbocycles. The third kappa shape index (κ3) is 3.81. The van der Waals surface area contributed by atoms with Crippen LogP contribution in [0.1, 0.15) is 6.92 Å². The predicted molar refractivity (Wildman–Crippen MR) is 70.2 cm³/mol. The van der Waals surface area contributed by atoms with Crippen LogP contribution in [0.25, 0.3) is 0 Å². The van der Waals surface area contributed by atoms with Gasteiger partial charge in [0.05, 0.1) is 6.61 Å². The zero-order valence-corrected chi connectivity index (χ0v) is 11.7. The number of nitrogens with zero attached hydrogens (tertiary/aromatic N) is 3. The summed E-state index contributed by atoms with van der Waals surface area (Å²) in [5.74, 6) is -0.949. The van der Waals surface area contributed by atoms with Gasteiger partial charge in [0.15, 0.2) is 0 Å². The lowest BCUT2D eigenvalue weighted by atomic mass is 10.4. The molecule has 20 heavy (non-hydrogen) atoms. The molecule has 1 rings (SSSR count). The fraction of sp³-hybridized carbons (Fsp3) is 0.500. The van der Waals surface area contributed by atoms with Crippen LogP contribution < -0.4 is 11.2 Å². The van der Waals surface area contributed by atoms with Gasteiger partial charge in [-0.25, -0.2) is 4.79 Å². The first-order valence-corrected chi connectivity index (χ1v) is 6.03. The van der Waals surface area contributed by atoms with Crippen molar-refractivity contribution in [2.45, 2.75) is 13.5 Å². The van der Waals surface area contributed by atoms with Crippen LogP contribution in [0, 0.1) is 0 Å². The Morgan fingerprint density at radius 3 is 2.60 bits per heavy atom. The number of carbonyl (C=O) groups excluding carboxylic acids is 2. The summed E-state index contributed by atoms with van der Waals surface area (Å²) in [4.78, 5) is 47.2. The Morgan fingerprint density at radius 1 is 1.35 bits per heavy atom. The second kappa shape index (κ2) is 6.69. The van der Waals surface area contributed by atoms with E-state index in [1.54, 1.807) is 6.92 Å². The Balaban J connectivity index is 2.76. The minimum absolute atomic E-state index is 0.187. The second-order valence-electron chi connectivity index (χ2n) is 4.18. The Labute approximate surface area is 115 Å². The van der Waals surface area contributed by atoms with Gasteiger partial charge in [0.25, 0.3) is 5.56 Å². The quantitative estimate of drug-likeness (QED) is 0.618. The van der Waals surface area contributed by atoms with Crippen molar-refractivity contribution in [1.82, 2.24) is 14.0 Å². The van der Waals surface area contributed by atoms with E-state index in [1.807, 2.05) is 0 Å². The average molecular weight is 283 g/mol. The maximum absolute atomic E-state index is 11.9. The van der Waals surface area contributed by atoms with E-state index in [4.69, 9.17) is 4.74 Å². The van der Waals surface area contributed by atoms with E-state index in [0.29, 0.717) is 0 Å². The molecule has 0 fully saturated rings. The van der Waals surface area contributed by atoms with Crippen LogP contribution in [0.4, 0.5) is 0 Å². The van der Waals surface area contributed by atoms with Gasteiger partial charge < -0.3 is 9.64 Å². The fourth-order valence-electron chi connectivity index (χ4n) is 1.49. The standard InChI is InChI=1S/C12H17N3O5/c1-4-20-11(18)8-13(2)10(17)7-15-6-5-9(16)14(3)12(15)19/h5-6H,4,7-8H2,1-3H3. The molecule has 0 saturated heterocycles. The first-order chi connectivity index (χ1) is 9.36. The number of ether oxygens (including phenoxy) is 1. The maximum Gasteiger partial charge on any atom is 0.331 e. The molecule has 1 aromatic rings. The molecule has 0 aliphatic rings. The smallest absolute Gasteiger partial charge is 0.331 e. The zero-order valence-electron chi connectivity index (χ0n) is 11.7. The van der Waals surface area contributed by atoms with Crippen LogP contribution in [0.3, 0.4) is 0 Å². The molecule has 0 atom stereocenters. The van der Waals surface area contributed by atoms with Crippen molar-refractivity contribution in [3.63, 3.8) is 0 Å². The van der Waals surface area contributed by atoms with Crippen molar-refractivity contribution in [2.24, 2.45) is 7.05 Å². The molecule has 1 heterocycles. The van der Waals surface area contributed by atoms with Gasteiger partial charge in [-0.05, 0) is 6.92 Å². The third-order valence-electron chi connectivity index (χ3n) is 2.66. The summed E-state index contributed by atoms with van der Waals surface area (Å²) < 4.78 is 6.73. The summed E-state index contributed by atoms with van der Waals surface area (Å²) in [6.07, 6.45) is 1.25. The predicted octanol–water partition coefficient (Wildman–Crippen LogP) is -1.43. The van der Waals surface area contributed by atoms with E-state index in [-0.39, 0.29) is 19.7 Å². The van der Waals surface area contributed by atoms with Gasteiger partial charge in [0, 0.05) is 26.4 Å². The molecule has 1 aromatic heterocycles. The van der Waals surface area contributed by atoms with E-state index >= 15 is 0 Å². The largest absolute Gasteiger partial charge is 0.465 e. The van der Waals surface area contributed by atoms with Crippen LogP contribution >= 0.6 is 0 Å². The number of carbonyl (C=O) groups is 2. The monoisotopic (exact) mass is 283 g/mol. The van der Waals surface area contributed by atoms with Gasteiger partial charge >= 0.3 is 11.7 Å². The lowest BCUT2D eigenvalue weighted by Gasteiger charge is -2.16. The van der Waals surface area contributed by atoms with Crippen LogP contribution in [0.5, 0.6) is 0 Å². The first kappa shape index (κ1) is 15.7. The summed E-state index contributed by atoms with van der Waals surface area (Å²) in [5, 5.41) is 0. The van der Waals surface area contributed by atoms with Gasteiger partial charge in [0.2, 0.25) is 5.91 Å². The van der Waals surface area contributed by atoms with Crippen LogP contribution in [0.2, 0.25) is 0 Å². The summed E-state index contributed by atoms with van der Waals surface area (Å²) in [5.41, 5.74) is -1.03. The fourth-order valence-corrected chi connectivity index (χ4v) is 1.49. The molecule has 0 unspecified atom stereocenters. The molecule has 110 valence electrons. The van der Waals surface area contributed by atoms with Crippen LogP contribution in [-0.2, 0) is 27.9 Å². The van der Waals surface area contributed by atoms with Crippen molar-refractivity contribution >= 4 is 11.9 Å². The van der Waals surface area contributed by atoms with Gasteiger partial charge in [-0.1, -0.05) is 0 Å². The van der Waals surface area contributed by atoms with Gasteiger partial charge in [-0.3, -0.25) is 23.5 Å². The highest BCUT2D eigenvalue weighted by Gasteiger charge is 2.15. The van der Waals surface area contributed by atoms with Gasteiger partial charge in [-0.2, -0.15) is 0 Å². The van der Waals surface area contributed by atoms with Crippen LogP contribution in [-0.4, -0.2) is 46.1 Å². The van der Waals surface area contributed by atoms with Crippen molar-refractivity contribution in [3.8, 4) is 0 Å². The molecule has 0 aliphatic carbocycles. The molecule has 1 amide bonds. The van der Waals surface area contributed by atoms with Gasteiger partial charge in [-0.15, -0.1) is 0 Å². The Hall–Kier alpha value is -2.38. The summed E-state index contributed by atoms with van der Waals surface area (Å²) in [7, 11) is 2.76. The van der Waals surface area contributed by atoms with E-state index in [0.717, 1.165) is 14.0 Å². The maximum atomic E-state index is 11.9. The van der Waals surface area contributed by atoms with E-state index in [9.17, 15) is 19.2 Å². The Morgan fingerprint density at radius 2 is 2.00 bits per heavy atom. The molecule has 8 nitrogen and oxygen atoms in total. The number of esters is 1. The molecular weight excluding hydrogens is 266 g/mol. The number of amides is 1. The minimum atomic E-state index is -0.588. The lowest BCUT2D eigenvalue weighted by molar-refractivity contribution is -0.148. The van der Waals surface area contributed by atoms with E-state index < -0.39 is 23.1 Å². The van der Waals surface area contributed by atoms with Crippen molar-refractivity contribution < 1.29 is 14.3 Å². The Bertz CT molecular complexity index is 616. The summed E-state index contributed by atoms with van der Waals surface area (Å²) in [6, 6.07) is 1.19. The highest BCUT2D eigenvalue weighted by atomic mass is 16.5. The molecule has 0 bridgehead atoms. The van der Waals surface area contributed by atoms with E-state index in [1.165, 1.54) is 26.4 Å². The average Bonchev–Trinajstić information content (AvgIpc) is 2.39. The van der Waals surface area contributed by atoms with Crippen LogP contribution in [0.15, 0.2) is 21.9 Å². The molecule has 0 spiro atoms. The normalized spacial score (nSPS) is 10.2. The molecule has 0 aliphatic heterocycles. The first-order valence-electron chi connectivity index (χ1n) is 6.03. The molecular formula is C12H17N3O5. The Kier molecular flexibility index (Phi) is 5.24. The topological polar surface area (TPSA) is 90.6 Å². The van der Waals surface area contributed by atoms with Crippen molar-refractivity contribution in [2.75, 3.05) is 20.2 Å². The van der Waals surface area contributed by atoms with Crippen molar-refractivity contribution in [3.05, 3.63) is 33.1 Å². The molecule has 8 heteroatoms. The van der Waals surface area contributed by atoms with Gasteiger partial charge in [0.1, 0.15) is 13.1 Å². The SMILES string of the molecule is CCOC(=O)CN(C)C(=O)Cn1ccc(=O)n(C)c1=O. The highest BCUT2D eigenvalue weighted by Crippen LogP contribution is 1.91. The molecule has 0 aromatic carbocycles. The van der Waals surface area contributed by atoms with E-state index in [2.05, 4.69) is 0 Å². The highest BCUT2D eigenvalue weighted by molar-refractivity contribution is 5.81. The number of likely N-dealkylation sites (N-methyl/N-ethyl adjacent to an activating group) is 1. The minimum Gasteiger partial charge on any atom is -0.465 e. The zero-order chi connectivity index (χ0) is 15.3. The summed E-state index contributed by atoms with van der Waals surface area (Å²) >= 11 is 0.